The maximum atomic E-state index is 10.1. The Hall–Kier alpha value is -1.20. The lowest BCUT2D eigenvalue weighted by Crippen LogP contribution is -2.21. The van der Waals surface area contributed by atoms with Crippen molar-refractivity contribution in [1.82, 2.24) is 0 Å². The number of phenolic OH excluding ortho intramolecular Hbond substituents is 2. The lowest BCUT2D eigenvalue weighted by Gasteiger charge is -2.29. The first-order valence-electron chi connectivity index (χ1n) is 6.02. The summed E-state index contributed by atoms with van der Waals surface area (Å²) in [5, 5.41) is 20.0. The Morgan fingerprint density at radius 3 is 2.14 bits per heavy atom. The van der Waals surface area contributed by atoms with Crippen molar-refractivity contribution in [2.24, 2.45) is 0 Å². The molecule has 0 spiro atoms. The van der Waals surface area contributed by atoms with Gasteiger partial charge in [0.05, 0.1) is 5.56 Å². The van der Waals surface area contributed by atoms with Gasteiger partial charge in [0.25, 0.3) is 0 Å². The summed E-state index contributed by atoms with van der Waals surface area (Å²) in [6.45, 7) is 0. The second-order valence-electron chi connectivity index (χ2n) is 4.52. The van der Waals surface area contributed by atoms with Crippen LogP contribution in [0.2, 0.25) is 0 Å². The van der Waals surface area contributed by atoms with Crippen molar-refractivity contribution in [1.29, 1.82) is 0 Å². The Morgan fingerprint density at radius 2 is 1.55 bits per heavy atom. The highest BCUT2D eigenvalue weighted by Crippen LogP contribution is 2.58. The number of fused-ring (bicyclic) bond motifs is 2. The molecule has 0 aliphatic carbocycles. The quantitative estimate of drug-likeness (QED) is 0.459. The fourth-order valence-electron chi connectivity index (χ4n) is 2.06. The summed E-state index contributed by atoms with van der Waals surface area (Å²) in [6, 6.07) is 8.03. The van der Waals surface area contributed by atoms with Crippen LogP contribution in [-0.2, 0) is 4.33 Å². The number of halogens is 4. The number of benzene rings is 2. The van der Waals surface area contributed by atoms with Crippen LogP contribution < -0.4 is 9.47 Å². The molecule has 116 valence electrons. The molecule has 0 radical (unpaired) electrons. The van der Waals surface area contributed by atoms with Gasteiger partial charge in [-0.05, 0) is 12.1 Å². The molecular weight excluding hydrogens is 374 g/mol. The number of aromatic hydroxyl groups is 2. The summed E-state index contributed by atoms with van der Waals surface area (Å²) in [6.07, 6.45) is 0. The molecule has 1 heterocycles. The van der Waals surface area contributed by atoms with Gasteiger partial charge in [0.2, 0.25) is 0 Å². The van der Waals surface area contributed by atoms with Crippen LogP contribution in [0.1, 0.15) is 5.56 Å². The van der Waals surface area contributed by atoms with Gasteiger partial charge >= 0.3 is 0 Å². The van der Waals surface area contributed by atoms with E-state index in [1.54, 1.807) is 24.3 Å². The van der Waals surface area contributed by atoms with Gasteiger partial charge < -0.3 is 19.7 Å². The lowest BCUT2D eigenvalue weighted by atomic mass is 10.1. The van der Waals surface area contributed by atoms with E-state index >= 15 is 0 Å². The van der Waals surface area contributed by atoms with Crippen LogP contribution in [0.25, 0.3) is 0 Å². The minimum absolute atomic E-state index is 0.0327. The minimum atomic E-state index is -1.92. The molecule has 0 unspecified atom stereocenters. The van der Waals surface area contributed by atoms with Crippen molar-refractivity contribution in [3.05, 3.63) is 35.9 Å². The standard InChI is InChI=1S/C14H8Cl4O4/c15-13(16)14(17,18)10-11(20)6(19)5-9-12(10)22-8-4-2-1-3-7(8)21-9/h1-5,13,19-20H. The van der Waals surface area contributed by atoms with Crippen molar-refractivity contribution in [2.75, 3.05) is 0 Å². The summed E-state index contributed by atoms with van der Waals surface area (Å²) in [5.74, 6) is -0.0800. The van der Waals surface area contributed by atoms with Gasteiger partial charge in [0.15, 0.2) is 38.8 Å². The second-order valence-corrected chi connectivity index (χ2v) is 7.00. The van der Waals surface area contributed by atoms with Crippen molar-refractivity contribution in [3.63, 3.8) is 0 Å². The van der Waals surface area contributed by atoms with E-state index in [4.69, 9.17) is 55.9 Å². The molecule has 0 aromatic heterocycles. The number of phenols is 2. The normalized spacial score (nSPS) is 13.1. The molecule has 0 amide bonds. The van der Waals surface area contributed by atoms with Crippen LogP contribution in [0.3, 0.4) is 0 Å². The Kier molecular flexibility index (Phi) is 3.89. The number of ether oxygens (including phenoxy) is 2. The van der Waals surface area contributed by atoms with Crippen LogP contribution in [-0.4, -0.2) is 15.0 Å². The molecule has 4 nitrogen and oxygen atoms in total. The van der Waals surface area contributed by atoms with Gasteiger partial charge in [0, 0.05) is 6.07 Å². The van der Waals surface area contributed by atoms with E-state index in [9.17, 15) is 10.2 Å². The van der Waals surface area contributed by atoms with Crippen molar-refractivity contribution in [2.45, 2.75) is 9.17 Å². The van der Waals surface area contributed by atoms with E-state index in [2.05, 4.69) is 0 Å². The highest BCUT2D eigenvalue weighted by Gasteiger charge is 2.43. The predicted molar refractivity (Wildman–Crippen MR) is 85.2 cm³/mol. The Morgan fingerprint density at radius 1 is 0.955 bits per heavy atom. The molecule has 2 aromatic rings. The fraction of sp³-hybridized carbons (Fsp3) is 0.143. The van der Waals surface area contributed by atoms with Gasteiger partial charge in [-0.2, -0.15) is 0 Å². The monoisotopic (exact) mass is 380 g/mol. The third-order valence-corrected chi connectivity index (χ3v) is 5.00. The largest absolute Gasteiger partial charge is 0.504 e. The van der Waals surface area contributed by atoms with Gasteiger partial charge in [0.1, 0.15) is 4.84 Å². The van der Waals surface area contributed by atoms with E-state index in [1.807, 2.05) is 0 Å². The maximum absolute atomic E-state index is 10.1. The molecule has 0 bridgehead atoms. The molecule has 2 N–H and O–H groups in total. The molecular formula is C14H8Cl4O4. The number of hydrogen-bond acceptors (Lipinski definition) is 4. The predicted octanol–water partition coefficient (Wildman–Crippen LogP) is 5.43. The first-order valence-corrected chi connectivity index (χ1v) is 7.65. The van der Waals surface area contributed by atoms with Crippen LogP contribution in [0.15, 0.2) is 30.3 Å². The van der Waals surface area contributed by atoms with E-state index < -0.39 is 20.7 Å². The first kappa shape index (κ1) is 15.7. The molecule has 3 rings (SSSR count). The number of alkyl halides is 4. The van der Waals surface area contributed by atoms with Crippen LogP contribution >= 0.6 is 46.4 Å². The van der Waals surface area contributed by atoms with Gasteiger partial charge in [-0.25, -0.2) is 0 Å². The Labute approximate surface area is 145 Å². The number of rotatable bonds is 2. The molecule has 1 aliphatic heterocycles. The summed E-state index contributed by atoms with van der Waals surface area (Å²) >= 11 is 23.8. The molecule has 2 aromatic carbocycles. The molecule has 0 fully saturated rings. The first-order chi connectivity index (χ1) is 10.3. The maximum Gasteiger partial charge on any atom is 0.180 e. The zero-order valence-electron chi connectivity index (χ0n) is 10.7. The topological polar surface area (TPSA) is 58.9 Å². The molecule has 0 atom stereocenters. The Bertz CT molecular complexity index is 746. The van der Waals surface area contributed by atoms with E-state index in [-0.39, 0.29) is 17.1 Å². The molecule has 1 aliphatic rings. The van der Waals surface area contributed by atoms with E-state index in [0.717, 1.165) is 0 Å². The smallest absolute Gasteiger partial charge is 0.180 e. The molecule has 8 heteroatoms. The van der Waals surface area contributed by atoms with Crippen molar-refractivity contribution < 1.29 is 19.7 Å². The number of para-hydroxylation sites is 2. The zero-order chi connectivity index (χ0) is 16.1. The average Bonchev–Trinajstić information content (AvgIpc) is 2.46. The third-order valence-electron chi connectivity index (χ3n) is 3.09. The van der Waals surface area contributed by atoms with Gasteiger partial charge in [-0.3, -0.25) is 0 Å². The molecule has 22 heavy (non-hydrogen) atoms. The summed E-state index contributed by atoms with van der Waals surface area (Å²) in [5.41, 5.74) is -0.171. The van der Waals surface area contributed by atoms with Crippen LogP contribution in [0.5, 0.6) is 34.5 Å². The highest BCUT2D eigenvalue weighted by atomic mass is 35.5. The summed E-state index contributed by atoms with van der Waals surface area (Å²) in [7, 11) is 0. The van der Waals surface area contributed by atoms with E-state index in [0.29, 0.717) is 11.5 Å². The summed E-state index contributed by atoms with van der Waals surface area (Å²) < 4.78 is 9.40. The Balaban J connectivity index is 2.23. The van der Waals surface area contributed by atoms with Crippen molar-refractivity contribution >= 4 is 46.4 Å². The lowest BCUT2D eigenvalue weighted by molar-refractivity contribution is 0.339. The third kappa shape index (κ3) is 2.40. The average molecular weight is 382 g/mol. The highest BCUT2D eigenvalue weighted by molar-refractivity contribution is 6.59. The van der Waals surface area contributed by atoms with Gasteiger partial charge in [-0.15, -0.1) is 23.2 Å². The zero-order valence-corrected chi connectivity index (χ0v) is 13.7. The molecule has 0 saturated carbocycles. The molecule has 0 saturated heterocycles. The van der Waals surface area contributed by atoms with Crippen LogP contribution in [0.4, 0.5) is 0 Å². The summed E-state index contributed by atoms with van der Waals surface area (Å²) in [4.78, 5) is -1.30. The van der Waals surface area contributed by atoms with Crippen LogP contribution in [0, 0.1) is 0 Å². The second kappa shape index (κ2) is 5.46. The van der Waals surface area contributed by atoms with Crippen molar-refractivity contribution in [3.8, 4) is 34.5 Å². The SMILES string of the molecule is Oc1cc2c(c(C(Cl)(Cl)C(Cl)Cl)c1O)Oc1ccccc1O2. The van der Waals surface area contributed by atoms with E-state index in [1.165, 1.54) is 6.07 Å². The van der Waals surface area contributed by atoms with Gasteiger partial charge in [-0.1, -0.05) is 35.3 Å². The fourth-order valence-corrected chi connectivity index (χ4v) is 2.63. The number of hydrogen-bond donors (Lipinski definition) is 2. The minimum Gasteiger partial charge on any atom is -0.504 e.